The second-order valence-corrected chi connectivity index (χ2v) is 6.99. The van der Waals surface area contributed by atoms with E-state index in [-0.39, 0.29) is 23.8 Å². The first-order valence-electron chi connectivity index (χ1n) is 8.29. The minimum absolute atomic E-state index is 0.0964. The summed E-state index contributed by atoms with van der Waals surface area (Å²) >= 11 is 5.97. The lowest BCUT2D eigenvalue weighted by molar-refractivity contribution is -0.135. The van der Waals surface area contributed by atoms with Crippen LogP contribution in [-0.4, -0.2) is 35.8 Å². The molecule has 0 saturated carbocycles. The first kappa shape index (κ1) is 16.8. The number of nitrogens with zero attached hydrogens (tertiary/aromatic N) is 2. The number of piperidine rings is 2. The third-order valence-corrected chi connectivity index (χ3v) is 5.18. The number of aryl methyl sites for hydroxylation is 1. The van der Waals surface area contributed by atoms with E-state index >= 15 is 0 Å². The standard InChI is InChI=1S/C18H20ClN3O2/c19-15-3-1-2-12(8-15)4-5-17(23)22-7-6-16-14(11-22)9-13(10-20)18(24)21-16/h1-3,8,13-14,16H,4-7,9,11H2,(H,21,24). The van der Waals surface area contributed by atoms with Gasteiger partial charge in [0.2, 0.25) is 11.8 Å². The molecule has 5 nitrogen and oxygen atoms in total. The maximum absolute atomic E-state index is 12.5. The summed E-state index contributed by atoms with van der Waals surface area (Å²) in [5.74, 6) is -0.456. The number of carbonyl (C=O) groups excluding carboxylic acids is 2. The molecule has 3 rings (SSSR count). The highest BCUT2D eigenvalue weighted by Crippen LogP contribution is 2.28. The number of carbonyl (C=O) groups is 2. The highest BCUT2D eigenvalue weighted by atomic mass is 35.5. The summed E-state index contributed by atoms with van der Waals surface area (Å²) in [7, 11) is 0. The third kappa shape index (κ3) is 3.70. The second kappa shape index (κ2) is 7.23. The summed E-state index contributed by atoms with van der Waals surface area (Å²) in [5.41, 5.74) is 1.06. The van der Waals surface area contributed by atoms with Gasteiger partial charge in [-0.05, 0) is 42.9 Å². The molecule has 1 aromatic carbocycles. The summed E-state index contributed by atoms with van der Waals surface area (Å²) in [6, 6.07) is 9.72. The molecule has 2 amide bonds. The van der Waals surface area contributed by atoms with Crippen LogP contribution < -0.4 is 5.32 Å². The zero-order valence-corrected chi connectivity index (χ0v) is 14.1. The highest BCUT2D eigenvalue weighted by molar-refractivity contribution is 6.30. The second-order valence-electron chi connectivity index (χ2n) is 6.55. The Labute approximate surface area is 146 Å². The fourth-order valence-electron chi connectivity index (χ4n) is 3.59. The Hall–Kier alpha value is -2.06. The molecule has 6 heteroatoms. The molecule has 2 aliphatic heterocycles. The quantitative estimate of drug-likeness (QED) is 0.912. The van der Waals surface area contributed by atoms with E-state index < -0.39 is 5.92 Å². The van der Waals surface area contributed by atoms with E-state index in [4.69, 9.17) is 16.9 Å². The van der Waals surface area contributed by atoms with Crippen LogP contribution in [0.3, 0.4) is 0 Å². The van der Waals surface area contributed by atoms with Crippen molar-refractivity contribution in [2.45, 2.75) is 31.7 Å². The van der Waals surface area contributed by atoms with Crippen LogP contribution in [0.15, 0.2) is 24.3 Å². The lowest BCUT2D eigenvalue weighted by Gasteiger charge is -2.42. The van der Waals surface area contributed by atoms with Crippen molar-refractivity contribution in [2.24, 2.45) is 11.8 Å². The van der Waals surface area contributed by atoms with E-state index in [2.05, 4.69) is 11.4 Å². The molecule has 0 radical (unpaired) electrons. The number of hydrogen-bond donors (Lipinski definition) is 1. The van der Waals surface area contributed by atoms with E-state index in [9.17, 15) is 9.59 Å². The van der Waals surface area contributed by atoms with E-state index in [1.54, 1.807) is 0 Å². The van der Waals surface area contributed by atoms with Crippen molar-refractivity contribution in [3.63, 3.8) is 0 Å². The first-order valence-corrected chi connectivity index (χ1v) is 8.67. The number of nitriles is 1. The molecule has 0 spiro atoms. The molecule has 126 valence electrons. The van der Waals surface area contributed by atoms with Gasteiger partial charge in [0, 0.05) is 30.6 Å². The number of rotatable bonds is 3. The highest BCUT2D eigenvalue weighted by Gasteiger charge is 2.39. The van der Waals surface area contributed by atoms with Gasteiger partial charge in [0.15, 0.2) is 0 Å². The predicted octanol–water partition coefficient (Wildman–Crippen LogP) is 2.15. The maximum atomic E-state index is 12.5. The number of likely N-dealkylation sites (tertiary alicyclic amines) is 1. The lowest BCUT2D eigenvalue weighted by atomic mass is 9.80. The number of hydrogen-bond acceptors (Lipinski definition) is 3. The first-order chi connectivity index (χ1) is 11.6. The molecule has 24 heavy (non-hydrogen) atoms. The number of fused-ring (bicyclic) bond motifs is 1. The minimum Gasteiger partial charge on any atom is -0.352 e. The van der Waals surface area contributed by atoms with Gasteiger partial charge in [-0.3, -0.25) is 9.59 Å². The summed E-state index contributed by atoms with van der Waals surface area (Å²) < 4.78 is 0. The van der Waals surface area contributed by atoms with Crippen molar-refractivity contribution in [1.29, 1.82) is 5.26 Å². The van der Waals surface area contributed by atoms with Gasteiger partial charge in [-0.25, -0.2) is 0 Å². The Kier molecular flexibility index (Phi) is 5.06. The summed E-state index contributed by atoms with van der Waals surface area (Å²) in [6.45, 7) is 1.28. The molecule has 2 heterocycles. The largest absolute Gasteiger partial charge is 0.352 e. The average Bonchev–Trinajstić information content (AvgIpc) is 2.58. The Morgan fingerprint density at radius 1 is 1.46 bits per heavy atom. The van der Waals surface area contributed by atoms with Crippen LogP contribution in [-0.2, 0) is 16.0 Å². The maximum Gasteiger partial charge on any atom is 0.237 e. The molecule has 2 fully saturated rings. The van der Waals surface area contributed by atoms with Gasteiger partial charge in [0.25, 0.3) is 0 Å². The van der Waals surface area contributed by atoms with Gasteiger partial charge >= 0.3 is 0 Å². The van der Waals surface area contributed by atoms with E-state index in [1.807, 2.05) is 29.2 Å². The molecule has 0 bridgehead atoms. The zero-order valence-electron chi connectivity index (χ0n) is 13.4. The normalized spacial score (nSPS) is 26.2. The fourth-order valence-corrected chi connectivity index (χ4v) is 3.81. The van der Waals surface area contributed by atoms with Gasteiger partial charge in [-0.15, -0.1) is 0 Å². The molecule has 0 aliphatic carbocycles. The smallest absolute Gasteiger partial charge is 0.237 e. The molecule has 0 aromatic heterocycles. The van der Waals surface area contributed by atoms with Gasteiger partial charge in [-0.1, -0.05) is 23.7 Å². The van der Waals surface area contributed by atoms with Crippen molar-refractivity contribution < 1.29 is 9.59 Å². The Morgan fingerprint density at radius 3 is 3.04 bits per heavy atom. The van der Waals surface area contributed by atoms with Gasteiger partial charge < -0.3 is 10.2 Å². The Bertz CT molecular complexity index is 685. The van der Waals surface area contributed by atoms with Crippen LogP contribution in [0.1, 0.15) is 24.8 Å². The topological polar surface area (TPSA) is 73.2 Å². The summed E-state index contributed by atoms with van der Waals surface area (Å²) in [6.07, 6.45) is 2.43. The molecule has 1 aromatic rings. The van der Waals surface area contributed by atoms with Gasteiger partial charge in [0.1, 0.15) is 5.92 Å². The van der Waals surface area contributed by atoms with Crippen LogP contribution in [0.2, 0.25) is 5.02 Å². The molecule has 3 unspecified atom stereocenters. The van der Waals surface area contributed by atoms with E-state index in [1.165, 1.54) is 0 Å². The molecular formula is C18H20ClN3O2. The third-order valence-electron chi connectivity index (χ3n) is 4.94. The monoisotopic (exact) mass is 345 g/mol. The van der Waals surface area contributed by atoms with Crippen molar-refractivity contribution in [3.8, 4) is 6.07 Å². The molecule has 1 N–H and O–H groups in total. The van der Waals surface area contributed by atoms with Crippen molar-refractivity contribution in [3.05, 3.63) is 34.9 Å². The number of benzene rings is 1. The fraction of sp³-hybridized carbons (Fsp3) is 0.500. The van der Waals surface area contributed by atoms with Crippen molar-refractivity contribution in [1.82, 2.24) is 10.2 Å². The number of halogens is 1. The average molecular weight is 346 g/mol. The van der Waals surface area contributed by atoms with E-state index in [0.29, 0.717) is 37.4 Å². The Balaban J connectivity index is 1.55. The Morgan fingerprint density at radius 2 is 2.29 bits per heavy atom. The van der Waals surface area contributed by atoms with Crippen LogP contribution in [0.25, 0.3) is 0 Å². The van der Waals surface area contributed by atoms with E-state index in [0.717, 1.165) is 12.0 Å². The van der Waals surface area contributed by atoms with Crippen molar-refractivity contribution >= 4 is 23.4 Å². The molecule has 2 aliphatic rings. The summed E-state index contributed by atoms with van der Waals surface area (Å²) in [5, 5.41) is 12.7. The summed E-state index contributed by atoms with van der Waals surface area (Å²) in [4.78, 5) is 26.1. The van der Waals surface area contributed by atoms with Gasteiger partial charge in [-0.2, -0.15) is 5.26 Å². The SMILES string of the molecule is N#CC1CC2CN(C(=O)CCc3cccc(Cl)c3)CCC2NC1=O. The van der Waals surface area contributed by atoms with Crippen LogP contribution in [0.5, 0.6) is 0 Å². The molecule has 3 atom stereocenters. The van der Waals surface area contributed by atoms with Crippen molar-refractivity contribution in [2.75, 3.05) is 13.1 Å². The minimum atomic E-state index is -0.590. The number of nitrogens with one attached hydrogen (secondary N) is 1. The van der Waals surface area contributed by atoms with Crippen LogP contribution in [0.4, 0.5) is 0 Å². The number of amides is 2. The lowest BCUT2D eigenvalue weighted by Crippen LogP contribution is -2.57. The van der Waals surface area contributed by atoms with Gasteiger partial charge in [0.05, 0.1) is 6.07 Å². The predicted molar refractivity (Wildman–Crippen MR) is 90.1 cm³/mol. The zero-order chi connectivity index (χ0) is 17.1. The molecular weight excluding hydrogens is 326 g/mol. The molecule has 2 saturated heterocycles. The van der Waals surface area contributed by atoms with Crippen LogP contribution in [0, 0.1) is 23.2 Å². The van der Waals surface area contributed by atoms with Crippen LogP contribution >= 0.6 is 11.6 Å².